The van der Waals surface area contributed by atoms with Crippen LogP contribution in [0.5, 0.6) is 0 Å². The molecule has 1 fully saturated rings. The summed E-state index contributed by atoms with van der Waals surface area (Å²) < 4.78 is 11.3. The average molecular weight is 277 g/mol. The maximum absolute atomic E-state index is 5.93. The van der Waals surface area contributed by atoms with Crippen molar-refractivity contribution in [3.05, 3.63) is 35.4 Å². The molecule has 2 rings (SSSR count). The largest absolute Gasteiger partial charge is 0.381 e. The fourth-order valence-electron chi connectivity index (χ4n) is 2.32. The molecule has 0 amide bonds. The summed E-state index contributed by atoms with van der Waals surface area (Å²) >= 11 is 0. The van der Waals surface area contributed by atoms with Crippen LogP contribution in [0.25, 0.3) is 0 Å². The van der Waals surface area contributed by atoms with Gasteiger partial charge in [0, 0.05) is 19.8 Å². The highest BCUT2D eigenvalue weighted by atomic mass is 16.5. The topological polar surface area (TPSA) is 30.5 Å². The van der Waals surface area contributed by atoms with Crippen molar-refractivity contribution in [1.82, 2.24) is 5.32 Å². The lowest BCUT2D eigenvalue weighted by atomic mass is 10.1. The van der Waals surface area contributed by atoms with Gasteiger partial charge in [0.15, 0.2) is 0 Å². The fourth-order valence-corrected chi connectivity index (χ4v) is 2.32. The van der Waals surface area contributed by atoms with Gasteiger partial charge in [-0.1, -0.05) is 38.1 Å². The fraction of sp³-hybridized carbons (Fsp3) is 0.647. The SMILES string of the molecule is CC(C)CNCc1ccc(COC2CCOCC2)cc1. The van der Waals surface area contributed by atoms with Crippen LogP contribution >= 0.6 is 0 Å². The maximum atomic E-state index is 5.93. The summed E-state index contributed by atoms with van der Waals surface area (Å²) in [7, 11) is 0. The van der Waals surface area contributed by atoms with Crippen LogP contribution in [-0.4, -0.2) is 25.9 Å². The van der Waals surface area contributed by atoms with Gasteiger partial charge in [0.1, 0.15) is 0 Å². The molecule has 3 nitrogen and oxygen atoms in total. The molecule has 0 radical (unpaired) electrons. The van der Waals surface area contributed by atoms with Gasteiger partial charge in [-0.15, -0.1) is 0 Å². The number of nitrogens with one attached hydrogen (secondary N) is 1. The highest BCUT2D eigenvalue weighted by Gasteiger charge is 2.13. The molecule has 0 aromatic heterocycles. The highest BCUT2D eigenvalue weighted by molar-refractivity contribution is 5.21. The molecule has 112 valence electrons. The molecule has 0 atom stereocenters. The summed E-state index contributed by atoms with van der Waals surface area (Å²) in [5, 5.41) is 3.46. The summed E-state index contributed by atoms with van der Waals surface area (Å²) in [5.41, 5.74) is 2.59. The van der Waals surface area contributed by atoms with Gasteiger partial charge in [-0.05, 0) is 36.4 Å². The van der Waals surface area contributed by atoms with Crippen molar-refractivity contribution < 1.29 is 9.47 Å². The summed E-state index contributed by atoms with van der Waals surface area (Å²) in [6, 6.07) is 8.73. The van der Waals surface area contributed by atoms with Gasteiger partial charge in [0.2, 0.25) is 0 Å². The first kappa shape index (κ1) is 15.5. The third kappa shape index (κ3) is 5.61. The van der Waals surface area contributed by atoms with E-state index in [1.165, 1.54) is 11.1 Å². The lowest BCUT2D eigenvalue weighted by Gasteiger charge is -2.22. The number of rotatable bonds is 7. The summed E-state index contributed by atoms with van der Waals surface area (Å²) in [5.74, 6) is 0.696. The van der Waals surface area contributed by atoms with E-state index in [1.54, 1.807) is 0 Å². The van der Waals surface area contributed by atoms with Crippen molar-refractivity contribution in [2.24, 2.45) is 5.92 Å². The zero-order chi connectivity index (χ0) is 14.2. The first-order valence-electron chi connectivity index (χ1n) is 7.72. The van der Waals surface area contributed by atoms with Crippen LogP contribution in [0.1, 0.15) is 37.8 Å². The van der Waals surface area contributed by atoms with Gasteiger partial charge in [0.25, 0.3) is 0 Å². The van der Waals surface area contributed by atoms with Gasteiger partial charge >= 0.3 is 0 Å². The molecule has 0 spiro atoms. The standard InChI is InChI=1S/C17H27NO2/c1-14(2)11-18-12-15-3-5-16(6-4-15)13-20-17-7-9-19-10-8-17/h3-6,14,17-18H,7-13H2,1-2H3. The molecule has 1 aromatic rings. The first-order valence-corrected chi connectivity index (χ1v) is 7.72. The minimum Gasteiger partial charge on any atom is -0.381 e. The molecule has 0 saturated carbocycles. The summed E-state index contributed by atoms with van der Waals surface area (Å²) in [4.78, 5) is 0. The van der Waals surface area contributed by atoms with E-state index in [0.717, 1.165) is 39.1 Å². The molecular formula is C17H27NO2. The molecule has 0 aliphatic carbocycles. The van der Waals surface area contributed by atoms with Crippen LogP contribution < -0.4 is 5.32 Å². The van der Waals surface area contributed by atoms with E-state index in [2.05, 4.69) is 43.4 Å². The summed E-state index contributed by atoms with van der Waals surface area (Å²) in [6.07, 6.45) is 2.42. The minimum absolute atomic E-state index is 0.371. The van der Waals surface area contributed by atoms with E-state index >= 15 is 0 Å². The van der Waals surface area contributed by atoms with E-state index in [0.29, 0.717) is 18.6 Å². The molecule has 1 heterocycles. The Bertz CT molecular complexity index is 369. The second kappa shape index (κ2) is 8.40. The second-order valence-corrected chi connectivity index (χ2v) is 5.96. The van der Waals surface area contributed by atoms with Crippen LogP contribution in [0.3, 0.4) is 0 Å². The lowest BCUT2D eigenvalue weighted by Crippen LogP contribution is -2.23. The molecular weight excluding hydrogens is 250 g/mol. The minimum atomic E-state index is 0.371. The molecule has 1 N–H and O–H groups in total. The van der Waals surface area contributed by atoms with Crippen LogP contribution in [0.2, 0.25) is 0 Å². The normalized spacial score (nSPS) is 16.8. The van der Waals surface area contributed by atoms with Gasteiger partial charge in [-0.2, -0.15) is 0 Å². The molecule has 1 aliphatic rings. The molecule has 1 aromatic carbocycles. The third-order valence-electron chi connectivity index (χ3n) is 3.56. The number of hydrogen-bond donors (Lipinski definition) is 1. The van der Waals surface area contributed by atoms with E-state index in [4.69, 9.17) is 9.47 Å². The van der Waals surface area contributed by atoms with E-state index in [1.807, 2.05) is 0 Å². The molecule has 0 bridgehead atoms. The van der Waals surface area contributed by atoms with Gasteiger partial charge in [-0.25, -0.2) is 0 Å². The van der Waals surface area contributed by atoms with Crippen LogP contribution in [0, 0.1) is 5.92 Å². The van der Waals surface area contributed by atoms with Crippen LogP contribution in [0.4, 0.5) is 0 Å². The smallest absolute Gasteiger partial charge is 0.0720 e. The van der Waals surface area contributed by atoms with Crippen molar-refractivity contribution >= 4 is 0 Å². The van der Waals surface area contributed by atoms with Crippen molar-refractivity contribution in [1.29, 1.82) is 0 Å². The average Bonchev–Trinajstić information content (AvgIpc) is 2.47. The molecule has 3 heteroatoms. The number of ether oxygens (including phenoxy) is 2. The Morgan fingerprint density at radius 1 is 1.15 bits per heavy atom. The van der Waals surface area contributed by atoms with Gasteiger partial charge in [0.05, 0.1) is 12.7 Å². The van der Waals surface area contributed by atoms with Crippen molar-refractivity contribution in [2.45, 2.75) is 45.9 Å². The van der Waals surface area contributed by atoms with Gasteiger partial charge in [-0.3, -0.25) is 0 Å². The molecule has 1 aliphatic heterocycles. The highest BCUT2D eigenvalue weighted by Crippen LogP contribution is 2.14. The summed E-state index contributed by atoms with van der Waals surface area (Å²) in [6.45, 7) is 8.85. The Labute approximate surface area is 122 Å². The van der Waals surface area contributed by atoms with E-state index in [9.17, 15) is 0 Å². The molecule has 20 heavy (non-hydrogen) atoms. The first-order chi connectivity index (χ1) is 9.74. The zero-order valence-corrected chi connectivity index (χ0v) is 12.7. The van der Waals surface area contributed by atoms with Crippen molar-refractivity contribution in [3.63, 3.8) is 0 Å². The Hall–Kier alpha value is -0.900. The Morgan fingerprint density at radius 2 is 1.80 bits per heavy atom. The monoisotopic (exact) mass is 277 g/mol. The number of hydrogen-bond acceptors (Lipinski definition) is 3. The van der Waals surface area contributed by atoms with E-state index < -0.39 is 0 Å². The van der Waals surface area contributed by atoms with Crippen LogP contribution in [-0.2, 0) is 22.6 Å². The van der Waals surface area contributed by atoms with Crippen molar-refractivity contribution in [2.75, 3.05) is 19.8 Å². The predicted octanol–water partition coefficient (Wildman–Crippen LogP) is 3.13. The zero-order valence-electron chi connectivity index (χ0n) is 12.7. The Morgan fingerprint density at radius 3 is 2.45 bits per heavy atom. The number of benzene rings is 1. The van der Waals surface area contributed by atoms with Gasteiger partial charge < -0.3 is 14.8 Å². The van der Waals surface area contributed by atoms with Crippen LogP contribution in [0.15, 0.2) is 24.3 Å². The molecule has 1 saturated heterocycles. The van der Waals surface area contributed by atoms with E-state index in [-0.39, 0.29) is 0 Å². The van der Waals surface area contributed by atoms with Crippen molar-refractivity contribution in [3.8, 4) is 0 Å². The lowest BCUT2D eigenvalue weighted by molar-refractivity contribution is -0.0390. The third-order valence-corrected chi connectivity index (χ3v) is 3.56. The predicted molar refractivity (Wildman–Crippen MR) is 81.6 cm³/mol. The maximum Gasteiger partial charge on any atom is 0.0720 e. The second-order valence-electron chi connectivity index (χ2n) is 5.96. The Balaban J connectivity index is 1.70. The quantitative estimate of drug-likeness (QED) is 0.830. The molecule has 0 unspecified atom stereocenters. The Kier molecular flexibility index (Phi) is 6.51.